The third kappa shape index (κ3) is 9.40. The number of rotatable bonds is 14. The lowest BCUT2D eigenvalue weighted by Gasteiger charge is -2.39. The van der Waals surface area contributed by atoms with Crippen LogP contribution in [0.5, 0.6) is 0 Å². The third-order valence-electron chi connectivity index (χ3n) is 15.7. The Kier molecular flexibility index (Phi) is 14.4. The van der Waals surface area contributed by atoms with Crippen molar-refractivity contribution in [3.8, 4) is 0 Å². The summed E-state index contributed by atoms with van der Waals surface area (Å²) in [5.74, 6) is 0.884. The van der Waals surface area contributed by atoms with Gasteiger partial charge in [0.15, 0.2) is 0 Å². The molecule has 0 saturated carbocycles. The standard InChI is InChI=1S/C71H76N2/c1-46(2)64-41-62(70(56-27-15-50(9)16-28-56,57-29-17-51(10)18-30-57)58-31-19-52(11)20-32-58)42-65(47(3)4)68(64)72-39-40-73(45-72)69-66(48(5)6)43-63(44-67(69)49(7)8)71(59-33-21-53(12)22-34-59,60-35-23-54(13)24-36-60)61-37-25-55(14)26-38-61/h15-44,46-49H,1-14H3. The van der Waals surface area contributed by atoms with E-state index in [1.54, 1.807) is 0 Å². The molecule has 0 aliphatic carbocycles. The van der Waals surface area contributed by atoms with Gasteiger partial charge in [-0.2, -0.15) is 0 Å². The van der Waals surface area contributed by atoms with Crippen LogP contribution in [0.3, 0.4) is 0 Å². The lowest BCUT2D eigenvalue weighted by Crippen LogP contribution is -2.32. The molecule has 2 radical (unpaired) electrons. The van der Waals surface area contributed by atoms with Gasteiger partial charge in [-0.05, 0) is 132 Å². The van der Waals surface area contributed by atoms with Crippen LogP contribution < -0.4 is 9.80 Å². The Balaban J connectivity index is 1.24. The van der Waals surface area contributed by atoms with Crippen LogP contribution in [0.25, 0.3) is 0 Å². The molecule has 8 aromatic carbocycles. The van der Waals surface area contributed by atoms with E-state index in [0.717, 1.165) is 0 Å². The van der Waals surface area contributed by atoms with Gasteiger partial charge in [0.05, 0.1) is 22.2 Å². The van der Waals surface area contributed by atoms with Gasteiger partial charge < -0.3 is 9.80 Å². The molecule has 73 heavy (non-hydrogen) atoms. The summed E-state index contributed by atoms with van der Waals surface area (Å²) in [5.41, 5.74) is 24.1. The average Bonchev–Trinajstić information content (AvgIpc) is 3.86. The summed E-state index contributed by atoms with van der Waals surface area (Å²) in [6.07, 6.45) is 4.49. The first kappa shape index (κ1) is 51.0. The molecule has 1 aliphatic heterocycles. The Bertz CT molecular complexity index is 2720. The fourth-order valence-electron chi connectivity index (χ4n) is 11.5. The summed E-state index contributed by atoms with van der Waals surface area (Å²) in [6, 6.07) is 65.7. The second-order valence-electron chi connectivity index (χ2n) is 22.5. The van der Waals surface area contributed by atoms with E-state index in [2.05, 4.69) is 296 Å². The zero-order valence-electron chi connectivity index (χ0n) is 46.0. The van der Waals surface area contributed by atoms with Gasteiger partial charge in [-0.25, -0.2) is 0 Å². The molecule has 1 heterocycles. The van der Waals surface area contributed by atoms with Gasteiger partial charge in [0.1, 0.15) is 0 Å². The molecule has 9 rings (SSSR count). The van der Waals surface area contributed by atoms with Crippen LogP contribution in [0.4, 0.5) is 11.4 Å². The van der Waals surface area contributed by atoms with Gasteiger partial charge in [0.2, 0.25) is 6.67 Å². The molecule has 0 saturated heterocycles. The fourth-order valence-corrected chi connectivity index (χ4v) is 11.5. The van der Waals surface area contributed by atoms with Crippen LogP contribution in [-0.2, 0) is 10.8 Å². The van der Waals surface area contributed by atoms with E-state index in [9.17, 15) is 0 Å². The van der Waals surface area contributed by atoms with Crippen LogP contribution in [-0.4, -0.2) is 0 Å². The van der Waals surface area contributed by atoms with Gasteiger partial charge in [-0.1, -0.05) is 259 Å². The number of aryl methyl sites for hydroxylation is 6. The molecule has 0 fully saturated rings. The minimum atomic E-state index is -0.577. The molecular formula is C71H76N2. The number of nitrogens with zero attached hydrogens (tertiary/aromatic N) is 2. The minimum Gasteiger partial charge on any atom is -0.315 e. The van der Waals surface area contributed by atoms with Crippen molar-refractivity contribution >= 4 is 11.4 Å². The molecule has 0 amide bonds. The van der Waals surface area contributed by atoms with Crippen molar-refractivity contribution in [1.82, 2.24) is 0 Å². The quantitative estimate of drug-likeness (QED) is 0.100. The average molecular weight is 957 g/mol. The fraction of sp³-hybridized carbons (Fsp3) is 0.282. The molecule has 2 heteroatoms. The van der Waals surface area contributed by atoms with Crippen LogP contribution in [0.2, 0.25) is 0 Å². The van der Waals surface area contributed by atoms with Gasteiger partial charge in [-0.15, -0.1) is 0 Å². The molecule has 370 valence electrons. The van der Waals surface area contributed by atoms with Crippen molar-refractivity contribution in [2.75, 3.05) is 9.80 Å². The van der Waals surface area contributed by atoms with E-state index in [0.29, 0.717) is 0 Å². The molecule has 1 aliphatic rings. The summed E-state index contributed by atoms with van der Waals surface area (Å²) in [4.78, 5) is 4.61. The third-order valence-corrected chi connectivity index (χ3v) is 15.7. The Morgan fingerprint density at radius 3 is 0.616 bits per heavy atom. The highest BCUT2D eigenvalue weighted by Crippen LogP contribution is 2.52. The molecule has 0 N–H and O–H groups in total. The Morgan fingerprint density at radius 2 is 0.452 bits per heavy atom. The smallest absolute Gasteiger partial charge is 0.217 e. The van der Waals surface area contributed by atoms with Gasteiger partial charge in [-0.3, -0.25) is 0 Å². The first-order chi connectivity index (χ1) is 34.9. The molecule has 2 nitrogen and oxygen atoms in total. The summed E-state index contributed by atoms with van der Waals surface area (Å²) < 4.78 is 0. The minimum absolute atomic E-state index is 0.221. The number of hydrogen-bond acceptors (Lipinski definition) is 2. The molecule has 8 aromatic rings. The first-order valence-corrected chi connectivity index (χ1v) is 26.8. The molecule has 0 atom stereocenters. The Morgan fingerprint density at radius 1 is 0.274 bits per heavy atom. The van der Waals surface area contributed by atoms with Crippen molar-refractivity contribution in [3.63, 3.8) is 0 Å². The molecule has 0 spiro atoms. The Hall–Kier alpha value is -6.90. The second-order valence-corrected chi connectivity index (χ2v) is 22.5. The normalized spacial score (nSPS) is 13.1. The molecule has 0 unspecified atom stereocenters. The van der Waals surface area contributed by atoms with E-state index in [-0.39, 0.29) is 23.7 Å². The van der Waals surface area contributed by atoms with Crippen molar-refractivity contribution in [2.45, 2.75) is 131 Å². The second kappa shape index (κ2) is 20.5. The topological polar surface area (TPSA) is 6.48 Å². The maximum atomic E-state index is 4.00. The maximum Gasteiger partial charge on any atom is 0.217 e. The lowest BCUT2D eigenvalue weighted by atomic mass is 9.64. The number of hydrogen-bond donors (Lipinski definition) is 0. The van der Waals surface area contributed by atoms with E-state index in [1.807, 2.05) is 0 Å². The summed E-state index contributed by atoms with van der Waals surface area (Å²) in [5, 5.41) is 0. The summed E-state index contributed by atoms with van der Waals surface area (Å²) >= 11 is 0. The predicted molar refractivity (Wildman–Crippen MR) is 312 cm³/mol. The van der Waals surface area contributed by atoms with Crippen LogP contribution in [0.1, 0.15) is 179 Å². The Labute approximate surface area is 439 Å². The SMILES string of the molecule is Cc1ccc(C(c2ccc(C)cc2)(c2ccc(C)cc2)c2cc(C(C)C)c(N3[C]N(c4c(C(C)C)cc(C(c5ccc(C)cc5)(c5ccc(C)cc5)c5ccc(C)cc5)cc4C(C)C)C=C3)c(C(C)C)c2)cc1. The number of benzene rings is 8. The molecular weight excluding hydrogens is 881 g/mol. The van der Waals surface area contributed by atoms with Crippen molar-refractivity contribution in [3.05, 3.63) is 289 Å². The van der Waals surface area contributed by atoms with E-state index >= 15 is 0 Å². The highest BCUT2D eigenvalue weighted by atomic mass is 15.3. The van der Waals surface area contributed by atoms with Gasteiger partial charge in [0, 0.05) is 12.4 Å². The predicted octanol–water partition coefficient (Wildman–Crippen LogP) is 18.6. The summed E-state index contributed by atoms with van der Waals surface area (Å²) in [6.45, 7) is 35.9. The van der Waals surface area contributed by atoms with Gasteiger partial charge in [0.25, 0.3) is 0 Å². The van der Waals surface area contributed by atoms with E-state index in [1.165, 1.54) is 112 Å². The maximum absolute atomic E-state index is 4.00. The highest BCUT2D eigenvalue weighted by molar-refractivity contribution is 5.76. The first-order valence-electron chi connectivity index (χ1n) is 26.8. The largest absolute Gasteiger partial charge is 0.315 e. The van der Waals surface area contributed by atoms with E-state index < -0.39 is 10.8 Å². The summed E-state index contributed by atoms with van der Waals surface area (Å²) in [7, 11) is 0. The van der Waals surface area contributed by atoms with Crippen molar-refractivity contribution < 1.29 is 0 Å². The molecule has 0 bridgehead atoms. The zero-order chi connectivity index (χ0) is 51.9. The van der Waals surface area contributed by atoms with Gasteiger partial charge >= 0.3 is 0 Å². The van der Waals surface area contributed by atoms with Crippen LogP contribution in [0.15, 0.2) is 182 Å². The monoisotopic (exact) mass is 957 g/mol. The van der Waals surface area contributed by atoms with Crippen LogP contribution >= 0.6 is 0 Å². The lowest BCUT2D eigenvalue weighted by molar-refractivity contribution is 0.728. The van der Waals surface area contributed by atoms with Crippen molar-refractivity contribution in [1.29, 1.82) is 0 Å². The molecule has 0 aromatic heterocycles. The highest BCUT2D eigenvalue weighted by Gasteiger charge is 2.42. The van der Waals surface area contributed by atoms with Crippen molar-refractivity contribution in [2.24, 2.45) is 0 Å². The number of anilines is 2. The van der Waals surface area contributed by atoms with E-state index in [4.69, 9.17) is 0 Å². The van der Waals surface area contributed by atoms with Crippen LogP contribution in [0, 0.1) is 48.2 Å². The zero-order valence-corrected chi connectivity index (χ0v) is 46.0.